The summed E-state index contributed by atoms with van der Waals surface area (Å²) in [6, 6.07) is 0. The van der Waals surface area contributed by atoms with Crippen LogP contribution in [0, 0.1) is 11.8 Å². The molecule has 262 valence electrons. The summed E-state index contributed by atoms with van der Waals surface area (Å²) in [5.41, 5.74) is -0.441. The second-order valence-electron chi connectivity index (χ2n) is 10.7. The van der Waals surface area contributed by atoms with E-state index in [9.17, 15) is 28.8 Å². The molecule has 46 heavy (non-hydrogen) atoms. The van der Waals surface area contributed by atoms with E-state index in [1.54, 1.807) is 0 Å². The first kappa shape index (κ1) is 42.3. The van der Waals surface area contributed by atoms with Crippen LogP contribution < -0.4 is 0 Å². The zero-order valence-electron chi connectivity index (χ0n) is 28.2. The van der Waals surface area contributed by atoms with Crippen molar-refractivity contribution in [2.24, 2.45) is 11.8 Å². The summed E-state index contributed by atoms with van der Waals surface area (Å²) in [5, 5.41) is 0. The lowest BCUT2D eigenvalue weighted by Crippen LogP contribution is -2.28. The predicted molar refractivity (Wildman–Crippen MR) is 169 cm³/mol. The summed E-state index contributed by atoms with van der Waals surface area (Å²) in [5.74, 6) is -7.00. The number of carbonyl (C=O) groups excluding carboxylic acids is 6. The summed E-state index contributed by atoms with van der Waals surface area (Å²) in [6.45, 7) is 15.6. The van der Waals surface area contributed by atoms with Crippen LogP contribution in [0.1, 0.15) is 105 Å². The average Bonchev–Trinajstić information content (AvgIpc) is 3.03. The van der Waals surface area contributed by atoms with Crippen LogP contribution in [-0.4, -0.2) is 75.5 Å². The Bertz CT molecular complexity index is 909. The molecule has 2 atom stereocenters. The van der Waals surface area contributed by atoms with Gasteiger partial charge in [0.15, 0.2) is 0 Å². The Kier molecular flexibility index (Phi) is 24.4. The summed E-state index contributed by atoms with van der Waals surface area (Å²) in [7, 11) is 0. The van der Waals surface area contributed by atoms with Crippen LogP contribution in [-0.2, 0) is 57.2 Å². The monoisotopic (exact) mass is 654 g/mol. The van der Waals surface area contributed by atoms with Crippen LogP contribution in [0.3, 0.4) is 0 Å². The molecule has 0 saturated heterocycles. The van der Waals surface area contributed by atoms with E-state index < -0.39 is 60.5 Å². The van der Waals surface area contributed by atoms with E-state index in [0.717, 1.165) is 25.7 Å². The molecule has 12 heteroatoms. The highest BCUT2D eigenvalue weighted by Gasteiger charge is 2.33. The van der Waals surface area contributed by atoms with Crippen LogP contribution in [0.5, 0.6) is 0 Å². The van der Waals surface area contributed by atoms with Crippen LogP contribution >= 0.6 is 0 Å². The first-order valence-electron chi connectivity index (χ1n) is 16.4. The lowest BCUT2D eigenvalue weighted by Gasteiger charge is -2.18. The Morgan fingerprint density at radius 1 is 0.435 bits per heavy atom. The molecule has 2 unspecified atom stereocenters. The smallest absolute Gasteiger partial charge is 0.334 e. The molecule has 0 amide bonds. The summed E-state index contributed by atoms with van der Waals surface area (Å²) in [4.78, 5) is 75.0. The maximum absolute atomic E-state index is 12.6. The molecule has 0 aromatic heterocycles. The largest absolute Gasteiger partial charge is 0.466 e. The average molecular weight is 655 g/mol. The molecule has 0 aliphatic heterocycles. The number of hydrogen-bond donors (Lipinski definition) is 0. The maximum atomic E-state index is 12.6. The van der Waals surface area contributed by atoms with Gasteiger partial charge in [-0.2, -0.15) is 0 Å². The molecular weight excluding hydrogens is 600 g/mol. The van der Waals surface area contributed by atoms with Crippen molar-refractivity contribution in [1.29, 1.82) is 0 Å². The van der Waals surface area contributed by atoms with Gasteiger partial charge in [-0.1, -0.05) is 66.5 Å². The predicted octanol–water partition coefficient (Wildman–Crippen LogP) is 5.35. The molecule has 0 N–H and O–H groups in total. The Labute approximate surface area is 273 Å². The van der Waals surface area contributed by atoms with Crippen molar-refractivity contribution in [2.75, 3.05) is 39.6 Å². The molecule has 0 aliphatic rings. The van der Waals surface area contributed by atoms with Gasteiger partial charge in [0, 0.05) is 11.1 Å². The fraction of sp³-hybridized carbons (Fsp3) is 0.706. The molecule has 0 saturated carbocycles. The standard InChI is InChI=1S/C34H54O12/c1-7-11-17-41-29(35)23-27(33(39)45-19-13-9-3)25(5)31(37)43-21-15-16-22-44-32(38)26(6)28(34(40)46-20-14-10-4)24-30(36)42-18-12-8-2/h27-28H,5-24H2,1-4H3. The Hall–Kier alpha value is -3.70. The SMILES string of the molecule is C=C(C(=O)OCCCCOC(=O)C(=C)C(CC(=O)OCCCC)C(=O)OCCCC)C(CC(=O)OCCCC)C(=O)OCCCC. The van der Waals surface area contributed by atoms with Gasteiger partial charge >= 0.3 is 35.8 Å². The minimum atomic E-state index is -1.24. The molecule has 0 bridgehead atoms. The van der Waals surface area contributed by atoms with Crippen molar-refractivity contribution in [3.8, 4) is 0 Å². The van der Waals surface area contributed by atoms with Gasteiger partial charge in [0.25, 0.3) is 0 Å². The molecule has 0 aromatic carbocycles. The van der Waals surface area contributed by atoms with Crippen molar-refractivity contribution < 1.29 is 57.2 Å². The number of carbonyl (C=O) groups is 6. The number of unbranched alkanes of at least 4 members (excludes halogenated alkanes) is 5. The highest BCUT2D eigenvalue weighted by Crippen LogP contribution is 2.21. The van der Waals surface area contributed by atoms with Crippen molar-refractivity contribution in [1.82, 2.24) is 0 Å². The first-order chi connectivity index (χ1) is 22.0. The third-order valence-electron chi connectivity index (χ3n) is 6.69. The molecule has 12 nitrogen and oxygen atoms in total. The van der Waals surface area contributed by atoms with E-state index in [2.05, 4.69) is 13.2 Å². The number of esters is 6. The van der Waals surface area contributed by atoms with Crippen LogP contribution in [0.2, 0.25) is 0 Å². The normalized spacial score (nSPS) is 11.8. The molecule has 0 radical (unpaired) electrons. The van der Waals surface area contributed by atoms with Gasteiger partial charge in [-0.25, -0.2) is 9.59 Å². The fourth-order valence-corrected chi connectivity index (χ4v) is 3.65. The first-order valence-corrected chi connectivity index (χ1v) is 16.4. The van der Waals surface area contributed by atoms with Gasteiger partial charge < -0.3 is 28.4 Å². The third kappa shape index (κ3) is 19.0. The lowest BCUT2D eigenvalue weighted by molar-refractivity contribution is -0.156. The summed E-state index contributed by atoms with van der Waals surface area (Å²) in [6.07, 6.45) is 5.62. The van der Waals surface area contributed by atoms with Crippen molar-refractivity contribution in [2.45, 2.75) is 105 Å². The topological polar surface area (TPSA) is 158 Å². The van der Waals surface area contributed by atoms with Gasteiger partial charge in [0.2, 0.25) is 0 Å². The zero-order chi connectivity index (χ0) is 34.7. The maximum Gasteiger partial charge on any atom is 0.334 e. The van der Waals surface area contributed by atoms with Gasteiger partial charge in [0.05, 0.1) is 64.3 Å². The van der Waals surface area contributed by atoms with E-state index in [-0.39, 0.29) is 63.6 Å². The highest BCUT2D eigenvalue weighted by atomic mass is 16.6. The van der Waals surface area contributed by atoms with Crippen molar-refractivity contribution in [3.05, 3.63) is 24.3 Å². The molecular formula is C34H54O12. The van der Waals surface area contributed by atoms with Gasteiger partial charge in [-0.15, -0.1) is 0 Å². The second kappa shape index (κ2) is 26.5. The Balaban J connectivity index is 4.93. The van der Waals surface area contributed by atoms with E-state index in [1.165, 1.54) is 0 Å². The number of rotatable bonds is 27. The summed E-state index contributed by atoms with van der Waals surface area (Å²) < 4.78 is 31.1. The quantitative estimate of drug-likeness (QED) is 0.0485. The van der Waals surface area contributed by atoms with E-state index in [1.807, 2.05) is 27.7 Å². The molecule has 0 fully saturated rings. The van der Waals surface area contributed by atoms with Gasteiger partial charge in [0.1, 0.15) is 0 Å². The fourth-order valence-electron chi connectivity index (χ4n) is 3.65. The minimum Gasteiger partial charge on any atom is -0.466 e. The molecule has 0 aromatic rings. The van der Waals surface area contributed by atoms with Crippen LogP contribution in [0.25, 0.3) is 0 Å². The zero-order valence-corrected chi connectivity index (χ0v) is 28.2. The van der Waals surface area contributed by atoms with Crippen LogP contribution in [0.4, 0.5) is 0 Å². The van der Waals surface area contributed by atoms with Crippen molar-refractivity contribution in [3.63, 3.8) is 0 Å². The van der Waals surface area contributed by atoms with Crippen LogP contribution in [0.15, 0.2) is 24.3 Å². The molecule has 0 rings (SSSR count). The number of ether oxygens (including phenoxy) is 6. The third-order valence-corrected chi connectivity index (χ3v) is 6.69. The highest BCUT2D eigenvalue weighted by molar-refractivity contribution is 5.97. The Morgan fingerprint density at radius 3 is 1.02 bits per heavy atom. The molecule has 0 aliphatic carbocycles. The van der Waals surface area contributed by atoms with E-state index in [4.69, 9.17) is 28.4 Å². The van der Waals surface area contributed by atoms with Crippen molar-refractivity contribution >= 4 is 35.8 Å². The van der Waals surface area contributed by atoms with E-state index >= 15 is 0 Å². The number of hydrogen-bond acceptors (Lipinski definition) is 12. The molecule has 0 heterocycles. The van der Waals surface area contributed by atoms with E-state index in [0.29, 0.717) is 25.7 Å². The summed E-state index contributed by atoms with van der Waals surface area (Å²) >= 11 is 0. The van der Waals surface area contributed by atoms with Gasteiger partial charge in [-0.05, 0) is 38.5 Å². The Morgan fingerprint density at radius 2 is 0.717 bits per heavy atom. The second-order valence-corrected chi connectivity index (χ2v) is 10.7. The minimum absolute atomic E-state index is 0.0785. The van der Waals surface area contributed by atoms with Gasteiger partial charge in [-0.3, -0.25) is 19.2 Å². The molecule has 0 spiro atoms. The lowest BCUT2D eigenvalue weighted by atomic mass is 9.97.